The van der Waals surface area contributed by atoms with Gasteiger partial charge in [0.25, 0.3) is 10.0 Å². The van der Waals surface area contributed by atoms with Gasteiger partial charge >= 0.3 is 0 Å². The molecular formula is C23H28Cl2N2O4S. The van der Waals surface area contributed by atoms with Gasteiger partial charge < -0.3 is 10.1 Å². The molecule has 0 saturated heterocycles. The lowest BCUT2D eigenvalue weighted by atomic mass is 9.98. The molecule has 1 saturated carbocycles. The van der Waals surface area contributed by atoms with E-state index in [1.54, 1.807) is 18.2 Å². The maximum Gasteiger partial charge on any atom is 0.264 e. The number of nitrogens with one attached hydrogen (secondary N) is 1. The molecule has 0 aliphatic heterocycles. The second-order valence-electron chi connectivity index (χ2n) is 7.78. The third-order valence-corrected chi connectivity index (χ3v) is 7.61. The number of ether oxygens (including phenoxy) is 1. The molecule has 1 aliphatic rings. The summed E-state index contributed by atoms with van der Waals surface area (Å²) in [6.45, 7) is 0.622. The van der Waals surface area contributed by atoms with E-state index >= 15 is 0 Å². The second kappa shape index (κ2) is 11.9. The van der Waals surface area contributed by atoms with E-state index in [4.69, 9.17) is 27.9 Å². The fourth-order valence-electron chi connectivity index (χ4n) is 3.65. The molecule has 0 atom stereocenters. The van der Waals surface area contributed by atoms with Crippen LogP contribution in [0.3, 0.4) is 0 Å². The highest BCUT2D eigenvalue weighted by Crippen LogP contribution is 2.26. The van der Waals surface area contributed by atoms with Crippen LogP contribution in [0.15, 0.2) is 53.4 Å². The Morgan fingerprint density at radius 2 is 1.75 bits per heavy atom. The summed E-state index contributed by atoms with van der Waals surface area (Å²) in [5.41, 5.74) is 0.309. The third kappa shape index (κ3) is 7.10. The van der Waals surface area contributed by atoms with Crippen LogP contribution in [0, 0.1) is 0 Å². The summed E-state index contributed by atoms with van der Waals surface area (Å²) in [7, 11) is -4.00. The van der Waals surface area contributed by atoms with Crippen molar-refractivity contribution in [1.29, 1.82) is 0 Å². The Hall–Kier alpha value is -1.80. The van der Waals surface area contributed by atoms with Crippen LogP contribution in [-0.4, -0.2) is 40.1 Å². The van der Waals surface area contributed by atoms with E-state index < -0.39 is 15.9 Å². The fraction of sp³-hybridized carbons (Fsp3) is 0.435. The van der Waals surface area contributed by atoms with Crippen molar-refractivity contribution in [1.82, 2.24) is 5.32 Å². The first-order valence-electron chi connectivity index (χ1n) is 10.8. The zero-order valence-corrected chi connectivity index (χ0v) is 20.1. The molecule has 0 bridgehead atoms. The molecule has 1 amide bonds. The van der Waals surface area contributed by atoms with E-state index in [0.29, 0.717) is 41.4 Å². The molecule has 174 valence electrons. The maximum absolute atomic E-state index is 13.3. The van der Waals surface area contributed by atoms with Gasteiger partial charge in [-0.2, -0.15) is 0 Å². The van der Waals surface area contributed by atoms with Crippen LogP contribution in [0.4, 0.5) is 5.69 Å². The number of nitrogens with zero attached hydrogens (tertiary/aromatic N) is 1. The van der Waals surface area contributed by atoms with E-state index in [2.05, 4.69) is 5.32 Å². The van der Waals surface area contributed by atoms with E-state index in [9.17, 15) is 13.2 Å². The quantitative estimate of drug-likeness (QED) is 0.465. The van der Waals surface area contributed by atoms with Gasteiger partial charge in [-0.25, -0.2) is 8.42 Å². The molecule has 6 nitrogen and oxygen atoms in total. The molecule has 1 N–H and O–H groups in total. The first-order chi connectivity index (χ1) is 15.4. The molecule has 0 radical (unpaired) electrons. The minimum Gasteiger partial charge on any atom is -0.378 e. The van der Waals surface area contributed by atoms with Gasteiger partial charge in [0.2, 0.25) is 5.91 Å². The van der Waals surface area contributed by atoms with E-state index in [-0.39, 0.29) is 11.4 Å². The van der Waals surface area contributed by atoms with Crippen LogP contribution in [0.25, 0.3) is 0 Å². The zero-order chi connectivity index (χ0) is 23.0. The summed E-state index contributed by atoms with van der Waals surface area (Å²) < 4.78 is 33.5. The summed E-state index contributed by atoms with van der Waals surface area (Å²) in [6, 6.07) is 12.2. The largest absolute Gasteiger partial charge is 0.378 e. The molecule has 9 heteroatoms. The molecular weight excluding hydrogens is 471 g/mol. The third-order valence-electron chi connectivity index (χ3n) is 5.33. The summed E-state index contributed by atoms with van der Waals surface area (Å²) in [5, 5.41) is 3.59. The molecule has 0 heterocycles. The van der Waals surface area contributed by atoms with Crippen LogP contribution >= 0.6 is 23.2 Å². The Bertz CT molecular complexity index is 993. The molecule has 2 aromatic carbocycles. The van der Waals surface area contributed by atoms with Gasteiger partial charge in [0.15, 0.2) is 0 Å². The van der Waals surface area contributed by atoms with Crippen molar-refractivity contribution in [3.8, 4) is 0 Å². The number of carbonyl (C=O) groups is 1. The van der Waals surface area contributed by atoms with Gasteiger partial charge in [-0.15, -0.1) is 0 Å². The highest BCUT2D eigenvalue weighted by Gasteiger charge is 2.27. The molecule has 3 rings (SSSR count). The van der Waals surface area contributed by atoms with Gasteiger partial charge in [0, 0.05) is 23.2 Å². The highest BCUT2D eigenvalue weighted by atomic mass is 35.5. The summed E-state index contributed by atoms with van der Waals surface area (Å²) in [4.78, 5) is 12.6. The van der Waals surface area contributed by atoms with Crippen molar-refractivity contribution < 1.29 is 17.9 Å². The van der Waals surface area contributed by atoms with Crippen LogP contribution in [-0.2, 0) is 19.6 Å². The standard InChI is InChI=1S/C23H28Cl2N2O4S/c24-18-10-12-22(13-11-18)32(29,30)27(20-7-4-6-19(25)16-20)17-23(28)26-14-5-15-31-21-8-2-1-3-9-21/h4,6-7,10-13,16,21H,1-3,5,8-9,14-15,17H2,(H,26,28). The Labute approximate surface area is 199 Å². The smallest absolute Gasteiger partial charge is 0.264 e. The zero-order valence-electron chi connectivity index (χ0n) is 17.8. The van der Waals surface area contributed by atoms with E-state index in [1.807, 2.05) is 0 Å². The molecule has 1 aliphatic carbocycles. The van der Waals surface area contributed by atoms with Gasteiger partial charge in [-0.3, -0.25) is 9.10 Å². The lowest BCUT2D eigenvalue weighted by Gasteiger charge is -2.24. The predicted octanol–water partition coefficient (Wildman–Crippen LogP) is 5.04. The number of carbonyl (C=O) groups excluding carboxylic acids is 1. The lowest BCUT2D eigenvalue weighted by Crippen LogP contribution is -2.41. The number of rotatable bonds is 10. The van der Waals surface area contributed by atoms with Crippen LogP contribution in [0.1, 0.15) is 38.5 Å². The van der Waals surface area contributed by atoms with Crippen molar-refractivity contribution in [3.05, 3.63) is 58.6 Å². The molecule has 0 unspecified atom stereocenters. The van der Waals surface area contributed by atoms with Crippen molar-refractivity contribution in [2.24, 2.45) is 0 Å². The topological polar surface area (TPSA) is 75.7 Å². The Kier molecular flexibility index (Phi) is 9.22. The Morgan fingerprint density at radius 1 is 1.03 bits per heavy atom. The van der Waals surface area contributed by atoms with Crippen molar-refractivity contribution in [3.63, 3.8) is 0 Å². The van der Waals surface area contributed by atoms with Gasteiger partial charge in [0.05, 0.1) is 16.7 Å². The number of hydrogen-bond donors (Lipinski definition) is 1. The summed E-state index contributed by atoms with van der Waals surface area (Å²) in [6.07, 6.45) is 6.89. The molecule has 0 aromatic heterocycles. The molecule has 32 heavy (non-hydrogen) atoms. The first kappa shape index (κ1) is 24.8. The maximum atomic E-state index is 13.3. The lowest BCUT2D eigenvalue weighted by molar-refractivity contribution is -0.119. The van der Waals surface area contributed by atoms with Gasteiger partial charge in [-0.05, 0) is 61.7 Å². The second-order valence-corrected chi connectivity index (χ2v) is 10.5. The Morgan fingerprint density at radius 3 is 2.44 bits per heavy atom. The Balaban J connectivity index is 1.62. The minimum atomic E-state index is -4.00. The predicted molar refractivity (Wildman–Crippen MR) is 128 cm³/mol. The summed E-state index contributed by atoms with van der Waals surface area (Å²) in [5.74, 6) is -0.403. The number of anilines is 1. The number of halogens is 2. The highest BCUT2D eigenvalue weighted by molar-refractivity contribution is 7.92. The minimum absolute atomic E-state index is 0.0376. The SMILES string of the molecule is O=C(CN(c1cccc(Cl)c1)S(=O)(=O)c1ccc(Cl)cc1)NCCCOC1CCCCC1. The average Bonchev–Trinajstić information content (AvgIpc) is 2.78. The van der Waals surface area contributed by atoms with Gasteiger partial charge in [0.1, 0.15) is 6.54 Å². The number of hydrogen-bond acceptors (Lipinski definition) is 4. The average molecular weight is 499 g/mol. The van der Waals surface area contributed by atoms with Crippen LogP contribution in [0.5, 0.6) is 0 Å². The van der Waals surface area contributed by atoms with Crippen molar-refractivity contribution in [2.75, 3.05) is 24.0 Å². The number of benzene rings is 2. The van der Waals surface area contributed by atoms with E-state index in [1.165, 1.54) is 49.6 Å². The van der Waals surface area contributed by atoms with E-state index in [0.717, 1.165) is 17.1 Å². The monoisotopic (exact) mass is 498 g/mol. The normalized spacial score (nSPS) is 14.8. The first-order valence-corrected chi connectivity index (χ1v) is 13.0. The van der Waals surface area contributed by atoms with Crippen LogP contribution in [0.2, 0.25) is 10.0 Å². The fourth-order valence-corrected chi connectivity index (χ4v) is 5.37. The molecule has 0 spiro atoms. The van der Waals surface area contributed by atoms with Crippen molar-refractivity contribution >= 4 is 44.8 Å². The number of amides is 1. The van der Waals surface area contributed by atoms with Crippen LogP contribution < -0.4 is 9.62 Å². The van der Waals surface area contributed by atoms with Crippen molar-refractivity contribution in [2.45, 2.75) is 49.5 Å². The molecule has 1 fully saturated rings. The molecule has 2 aromatic rings. The number of sulfonamides is 1. The summed E-state index contributed by atoms with van der Waals surface area (Å²) >= 11 is 12.0. The van der Waals surface area contributed by atoms with Gasteiger partial charge in [-0.1, -0.05) is 48.5 Å².